The zero-order valence-electron chi connectivity index (χ0n) is 11.9. The first-order chi connectivity index (χ1) is 10.1. The molecule has 2 aromatic rings. The third-order valence-electron chi connectivity index (χ3n) is 3.09. The number of hydrogen-bond acceptors (Lipinski definition) is 4. The maximum atomic E-state index is 11.8. The summed E-state index contributed by atoms with van der Waals surface area (Å²) in [6.45, 7) is 3.93. The molecule has 0 bridgehead atoms. The Labute approximate surface area is 127 Å². The molecule has 110 valence electrons. The lowest BCUT2D eigenvalue weighted by Gasteiger charge is -2.14. The van der Waals surface area contributed by atoms with Gasteiger partial charge >= 0.3 is 11.8 Å². The summed E-state index contributed by atoms with van der Waals surface area (Å²) in [6.07, 6.45) is 2.54. The van der Waals surface area contributed by atoms with E-state index < -0.39 is 11.8 Å². The summed E-state index contributed by atoms with van der Waals surface area (Å²) in [5.74, 6) is -1.38. The van der Waals surface area contributed by atoms with E-state index in [1.165, 1.54) is 16.9 Å². The number of hydrogen-bond donors (Lipinski definition) is 2. The molecule has 0 fully saturated rings. The third kappa shape index (κ3) is 4.13. The molecule has 2 rings (SSSR count). The van der Waals surface area contributed by atoms with Crippen LogP contribution in [0.4, 0.5) is 5.13 Å². The van der Waals surface area contributed by atoms with Crippen LogP contribution in [0, 0.1) is 0 Å². The summed E-state index contributed by atoms with van der Waals surface area (Å²) in [5.41, 5.74) is 2.20. The predicted molar refractivity (Wildman–Crippen MR) is 83.1 cm³/mol. The highest BCUT2D eigenvalue weighted by Crippen LogP contribution is 2.14. The lowest BCUT2D eigenvalue weighted by molar-refractivity contribution is -0.136. The van der Waals surface area contributed by atoms with Crippen molar-refractivity contribution in [2.24, 2.45) is 0 Å². The van der Waals surface area contributed by atoms with Gasteiger partial charge in [-0.2, -0.15) is 0 Å². The molecule has 5 nitrogen and oxygen atoms in total. The van der Waals surface area contributed by atoms with E-state index in [0.717, 1.165) is 12.0 Å². The molecular weight excluding hydrogens is 286 g/mol. The molecule has 0 spiro atoms. The second-order valence-electron chi connectivity index (χ2n) is 4.58. The monoisotopic (exact) mass is 303 g/mol. The molecule has 0 aliphatic rings. The Morgan fingerprint density at radius 3 is 2.52 bits per heavy atom. The Bertz CT molecular complexity index is 608. The van der Waals surface area contributed by atoms with Crippen molar-refractivity contribution < 1.29 is 9.59 Å². The lowest BCUT2D eigenvalue weighted by Crippen LogP contribution is -2.36. The zero-order valence-corrected chi connectivity index (χ0v) is 12.7. The zero-order chi connectivity index (χ0) is 15.2. The van der Waals surface area contributed by atoms with E-state index in [0.29, 0.717) is 5.13 Å². The fraction of sp³-hybridized carbons (Fsp3) is 0.267. The Kier molecular flexibility index (Phi) is 5.05. The number of thiazole rings is 1. The highest BCUT2D eigenvalue weighted by molar-refractivity contribution is 7.13. The first-order valence-electron chi connectivity index (χ1n) is 6.70. The van der Waals surface area contributed by atoms with Gasteiger partial charge in [-0.25, -0.2) is 4.98 Å². The smallest absolute Gasteiger partial charge is 0.315 e. The van der Waals surface area contributed by atoms with Gasteiger partial charge in [-0.15, -0.1) is 11.3 Å². The van der Waals surface area contributed by atoms with Gasteiger partial charge in [0.05, 0.1) is 6.04 Å². The van der Waals surface area contributed by atoms with Crippen LogP contribution in [-0.4, -0.2) is 16.8 Å². The molecule has 2 amide bonds. The van der Waals surface area contributed by atoms with Gasteiger partial charge in [0.15, 0.2) is 5.13 Å². The molecule has 6 heteroatoms. The number of amides is 2. The minimum atomic E-state index is -0.707. The van der Waals surface area contributed by atoms with Crippen LogP contribution in [0.1, 0.15) is 31.0 Å². The van der Waals surface area contributed by atoms with Crippen molar-refractivity contribution in [3.63, 3.8) is 0 Å². The van der Waals surface area contributed by atoms with Gasteiger partial charge < -0.3 is 5.32 Å². The SMILES string of the molecule is CCc1ccc(C(C)NC(=O)C(=O)Nc2nccs2)cc1. The van der Waals surface area contributed by atoms with Gasteiger partial charge in [0.2, 0.25) is 0 Å². The quantitative estimate of drug-likeness (QED) is 0.853. The molecule has 1 aromatic carbocycles. The van der Waals surface area contributed by atoms with E-state index in [1.807, 2.05) is 31.2 Å². The molecule has 0 aliphatic heterocycles. The van der Waals surface area contributed by atoms with Gasteiger partial charge in [0, 0.05) is 11.6 Å². The Hall–Kier alpha value is -2.21. The van der Waals surface area contributed by atoms with Gasteiger partial charge in [0.25, 0.3) is 0 Å². The maximum absolute atomic E-state index is 11.8. The van der Waals surface area contributed by atoms with Crippen molar-refractivity contribution in [2.75, 3.05) is 5.32 Å². The highest BCUT2D eigenvalue weighted by atomic mass is 32.1. The Morgan fingerprint density at radius 1 is 1.24 bits per heavy atom. The van der Waals surface area contributed by atoms with Gasteiger partial charge in [-0.05, 0) is 24.5 Å². The summed E-state index contributed by atoms with van der Waals surface area (Å²) in [4.78, 5) is 27.5. The number of nitrogens with zero attached hydrogens (tertiary/aromatic N) is 1. The van der Waals surface area contributed by atoms with E-state index >= 15 is 0 Å². The number of nitrogens with one attached hydrogen (secondary N) is 2. The summed E-state index contributed by atoms with van der Waals surface area (Å²) in [5, 5.41) is 7.26. The van der Waals surface area contributed by atoms with E-state index in [1.54, 1.807) is 11.6 Å². The number of carbonyl (C=O) groups is 2. The molecule has 0 aliphatic carbocycles. The topological polar surface area (TPSA) is 71.1 Å². The molecule has 0 radical (unpaired) electrons. The molecule has 1 unspecified atom stereocenters. The number of carbonyl (C=O) groups excluding carboxylic acids is 2. The average Bonchev–Trinajstić information content (AvgIpc) is 3.00. The van der Waals surface area contributed by atoms with Crippen LogP contribution in [0.5, 0.6) is 0 Å². The largest absolute Gasteiger partial charge is 0.341 e. The number of benzene rings is 1. The maximum Gasteiger partial charge on any atom is 0.315 e. The molecule has 1 heterocycles. The summed E-state index contributed by atoms with van der Waals surface area (Å²) >= 11 is 1.26. The number of aryl methyl sites for hydroxylation is 1. The molecule has 1 aromatic heterocycles. The van der Waals surface area contributed by atoms with Crippen molar-refractivity contribution in [3.05, 3.63) is 47.0 Å². The van der Waals surface area contributed by atoms with E-state index in [9.17, 15) is 9.59 Å². The first-order valence-corrected chi connectivity index (χ1v) is 7.58. The number of anilines is 1. The van der Waals surface area contributed by atoms with Crippen molar-refractivity contribution in [1.82, 2.24) is 10.3 Å². The van der Waals surface area contributed by atoms with Crippen LogP contribution in [0.2, 0.25) is 0 Å². The normalized spacial score (nSPS) is 11.7. The van der Waals surface area contributed by atoms with Crippen LogP contribution < -0.4 is 10.6 Å². The van der Waals surface area contributed by atoms with Crippen LogP contribution in [0.25, 0.3) is 0 Å². The minimum Gasteiger partial charge on any atom is -0.341 e. The van der Waals surface area contributed by atoms with E-state index in [2.05, 4.69) is 22.5 Å². The standard InChI is InChI=1S/C15H17N3O2S/c1-3-11-4-6-12(7-5-11)10(2)17-13(19)14(20)18-15-16-8-9-21-15/h4-10H,3H2,1-2H3,(H,17,19)(H,16,18,20). The predicted octanol–water partition coefficient (Wildman–Crippen LogP) is 2.52. The van der Waals surface area contributed by atoms with Crippen molar-refractivity contribution in [3.8, 4) is 0 Å². The van der Waals surface area contributed by atoms with Gasteiger partial charge in [-0.3, -0.25) is 14.9 Å². The van der Waals surface area contributed by atoms with Crippen molar-refractivity contribution >= 4 is 28.3 Å². The molecule has 1 atom stereocenters. The first kappa shape index (κ1) is 15.2. The van der Waals surface area contributed by atoms with Crippen molar-refractivity contribution in [2.45, 2.75) is 26.3 Å². The van der Waals surface area contributed by atoms with Gasteiger partial charge in [-0.1, -0.05) is 31.2 Å². The lowest BCUT2D eigenvalue weighted by atomic mass is 10.1. The summed E-state index contributed by atoms with van der Waals surface area (Å²) in [7, 11) is 0. The summed E-state index contributed by atoms with van der Waals surface area (Å²) < 4.78 is 0. The van der Waals surface area contributed by atoms with Crippen LogP contribution in [0.3, 0.4) is 0 Å². The Morgan fingerprint density at radius 2 is 1.95 bits per heavy atom. The second-order valence-corrected chi connectivity index (χ2v) is 5.48. The summed E-state index contributed by atoms with van der Waals surface area (Å²) in [6, 6.07) is 7.73. The fourth-order valence-corrected chi connectivity index (χ4v) is 2.35. The molecule has 2 N–H and O–H groups in total. The van der Waals surface area contributed by atoms with Crippen LogP contribution in [0.15, 0.2) is 35.8 Å². The number of aromatic nitrogens is 1. The Balaban J connectivity index is 1.93. The highest BCUT2D eigenvalue weighted by Gasteiger charge is 2.17. The van der Waals surface area contributed by atoms with Gasteiger partial charge in [0.1, 0.15) is 0 Å². The molecular formula is C15H17N3O2S. The van der Waals surface area contributed by atoms with E-state index in [-0.39, 0.29) is 6.04 Å². The molecule has 0 saturated heterocycles. The third-order valence-corrected chi connectivity index (χ3v) is 3.78. The fourth-order valence-electron chi connectivity index (χ4n) is 1.83. The van der Waals surface area contributed by atoms with Crippen LogP contribution in [-0.2, 0) is 16.0 Å². The molecule has 0 saturated carbocycles. The second kappa shape index (κ2) is 6.99. The van der Waals surface area contributed by atoms with Crippen molar-refractivity contribution in [1.29, 1.82) is 0 Å². The molecule has 21 heavy (non-hydrogen) atoms. The van der Waals surface area contributed by atoms with Crippen LogP contribution >= 0.6 is 11.3 Å². The van der Waals surface area contributed by atoms with E-state index in [4.69, 9.17) is 0 Å². The minimum absolute atomic E-state index is 0.231. The average molecular weight is 303 g/mol. The number of rotatable bonds is 4.